The molecule has 18 heavy (non-hydrogen) atoms. The highest BCUT2D eigenvalue weighted by Crippen LogP contribution is 2.31. The molecule has 1 aromatic carbocycles. The van der Waals surface area contributed by atoms with Gasteiger partial charge in [0, 0.05) is 12.1 Å². The second kappa shape index (κ2) is 4.49. The van der Waals surface area contributed by atoms with E-state index in [-0.39, 0.29) is 12.5 Å². The zero-order chi connectivity index (χ0) is 13.3. The van der Waals surface area contributed by atoms with Crippen LogP contribution in [0.4, 0.5) is 5.69 Å². The minimum atomic E-state index is -1.75. The number of carboxylic acids is 1. The summed E-state index contributed by atoms with van der Waals surface area (Å²) in [6, 6.07) is 5.39. The number of aliphatic hydroxyl groups is 1. The predicted octanol–water partition coefficient (Wildman–Crippen LogP) is 1.19. The first-order valence-electron chi connectivity index (χ1n) is 5.89. The highest BCUT2D eigenvalue weighted by atomic mass is 16.5. The summed E-state index contributed by atoms with van der Waals surface area (Å²) in [6.07, 6.45) is 1.25. The molecule has 4 N–H and O–H groups in total. The van der Waals surface area contributed by atoms with Crippen molar-refractivity contribution < 1.29 is 19.7 Å². The van der Waals surface area contributed by atoms with E-state index >= 15 is 0 Å². The minimum Gasteiger partial charge on any atom is -0.490 e. The van der Waals surface area contributed by atoms with Gasteiger partial charge in [-0.2, -0.15) is 0 Å². The summed E-state index contributed by atoms with van der Waals surface area (Å²) < 4.78 is 5.69. The monoisotopic (exact) mass is 251 g/mol. The lowest BCUT2D eigenvalue weighted by Crippen LogP contribution is -2.41. The van der Waals surface area contributed by atoms with E-state index in [2.05, 4.69) is 0 Å². The Morgan fingerprint density at radius 3 is 3.00 bits per heavy atom. The van der Waals surface area contributed by atoms with Crippen molar-refractivity contribution in [2.45, 2.75) is 37.9 Å². The molecule has 0 saturated heterocycles. The van der Waals surface area contributed by atoms with Crippen molar-refractivity contribution in [3.05, 3.63) is 23.8 Å². The van der Waals surface area contributed by atoms with Gasteiger partial charge in [0.1, 0.15) is 11.9 Å². The van der Waals surface area contributed by atoms with Crippen LogP contribution in [0, 0.1) is 0 Å². The van der Waals surface area contributed by atoms with Crippen molar-refractivity contribution in [3.63, 3.8) is 0 Å². The molecule has 5 nitrogen and oxygen atoms in total. The van der Waals surface area contributed by atoms with E-state index < -0.39 is 11.6 Å². The van der Waals surface area contributed by atoms with Crippen molar-refractivity contribution >= 4 is 11.7 Å². The Labute approximate surface area is 105 Å². The molecule has 1 aromatic rings. The van der Waals surface area contributed by atoms with Crippen LogP contribution in [0.25, 0.3) is 0 Å². The van der Waals surface area contributed by atoms with Gasteiger partial charge in [0.05, 0.1) is 0 Å². The largest absolute Gasteiger partial charge is 0.490 e. The standard InChI is InChI=1S/C13H17NO4/c1-13(17,12(15)16)7-10-4-2-8-6-9(14)3-5-11(8)18-10/h3,5-6,10,17H,2,4,7,14H2,1H3,(H,15,16)/t10-,13+/m1/s1. The van der Waals surface area contributed by atoms with Gasteiger partial charge in [-0.05, 0) is 43.5 Å². The third kappa shape index (κ3) is 2.56. The number of nitrogen functional groups attached to an aromatic ring is 1. The smallest absolute Gasteiger partial charge is 0.335 e. The van der Waals surface area contributed by atoms with E-state index in [1.54, 1.807) is 12.1 Å². The number of nitrogens with two attached hydrogens (primary N) is 1. The van der Waals surface area contributed by atoms with Gasteiger partial charge in [0.2, 0.25) is 0 Å². The van der Waals surface area contributed by atoms with Gasteiger partial charge >= 0.3 is 5.97 Å². The maximum Gasteiger partial charge on any atom is 0.335 e. The average Bonchev–Trinajstić information content (AvgIpc) is 2.28. The van der Waals surface area contributed by atoms with Crippen LogP contribution in [-0.2, 0) is 11.2 Å². The van der Waals surface area contributed by atoms with E-state index in [9.17, 15) is 9.90 Å². The van der Waals surface area contributed by atoms with Crippen LogP contribution in [0.15, 0.2) is 18.2 Å². The molecular weight excluding hydrogens is 234 g/mol. The van der Waals surface area contributed by atoms with Crippen LogP contribution >= 0.6 is 0 Å². The van der Waals surface area contributed by atoms with Crippen LogP contribution in [0.5, 0.6) is 5.75 Å². The molecule has 0 spiro atoms. The Morgan fingerprint density at radius 2 is 2.33 bits per heavy atom. The second-order valence-electron chi connectivity index (χ2n) is 4.93. The summed E-state index contributed by atoms with van der Waals surface area (Å²) >= 11 is 0. The quantitative estimate of drug-likeness (QED) is 0.702. The molecule has 0 amide bonds. The van der Waals surface area contributed by atoms with Gasteiger partial charge in [-0.15, -0.1) is 0 Å². The Morgan fingerprint density at radius 1 is 1.61 bits per heavy atom. The molecule has 1 aliphatic heterocycles. The highest BCUT2D eigenvalue weighted by molar-refractivity contribution is 5.76. The summed E-state index contributed by atoms with van der Waals surface area (Å²) in [5.41, 5.74) is 5.65. The fraction of sp³-hybridized carbons (Fsp3) is 0.462. The number of benzene rings is 1. The molecule has 0 bridgehead atoms. The van der Waals surface area contributed by atoms with Crippen molar-refractivity contribution in [2.75, 3.05) is 5.73 Å². The highest BCUT2D eigenvalue weighted by Gasteiger charge is 2.35. The minimum absolute atomic E-state index is 0.0755. The SMILES string of the molecule is C[C@](O)(C[C@H]1CCc2cc(N)ccc2O1)C(=O)O. The Bertz CT molecular complexity index is 470. The number of carboxylic acid groups (broad SMARTS) is 1. The van der Waals surface area contributed by atoms with E-state index in [1.165, 1.54) is 6.92 Å². The van der Waals surface area contributed by atoms with Gasteiger partial charge in [-0.25, -0.2) is 4.79 Å². The maximum absolute atomic E-state index is 10.9. The molecule has 0 aliphatic carbocycles. The summed E-state index contributed by atoms with van der Waals surface area (Å²) in [5.74, 6) is -0.504. The normalized spacial score (nSPS) is 21.6. The van der Waals surface area contributed by atoms with Crippen molar-refractivity contribution in [3.8, 4) is 5.75 Å². The van der Waals surface area contributed by atoms with Gasteiger partial charge < -0.3 is 20.7 Å². The fourth-order valence-corrected chi connectivity index (χ4v) is 2.14. The molecule has 2 atom stereocenters. The molecule has 5 heteroatoms. The summed E-state index contributed by atoms with van der Waals surface area (Å²) in [7, 11) is 0. The van der Waals surface area contributed by atoms with Gasteiger partial charge in [-0.3, -0.25) is 0 Å². The lowest BCUT2D eigenvalue weighted by Gasteiger charge is -2.30. The third-order valence-electron chi connectivity index (χ3n) is 3.20. The van der Waals surface area contributed by atoms with Crippen LogP contribution in [-0.4, -0.2) is 27.9 Å². The molecular formula is C13H17NO4. The number of rotatable bonds is 3. The van der Waals surface area contributed by atoms with E-state index in [0.717, 1.165) is 17.7 Å². The molecule has 1 aliphatic rings. The first-order valence-corrected chi connectivity index (χ1v) is 5.89. The van der Waals surface area contributed by atoms with E-state index in [1.807, 2.05) is 6.07 Å². The Kier molecular flexibility index (Phi) is 3.17. The van der Waals surface area contributed by atoms with E-state index in [4.69, 9.17) is 15.6 Å². The Hall–Kier alpha value is -1.75. The maximum atomic E-state index is 10.9. The molecule has 1 heterocycles. The van der Waals surface area contributed by atoms with Crippen LogP contribution in [0.1, 0.15) is 25.3 Å². The predicted molar refractivity (Wildman–Crippen MR) is 66.5 cm³/mol. The fourth-order valence-electron chi connectivity index (χ4n) is 2.14. The van der Waals surface area contributed by atoms with Crippen LogP contribution < -0.4 is 10.5 Å². The number of carbonyl (C=O) groups is 1. The van der Waals surface area contributed by atoms with Crippen LogP contribution in [0.3, 0.4) is 0 Å². The van der Waals surface area contributed by atoms with E-state index in [0.29, 0.717) is 12.1 Å². The molecule has 0 fully saturated rings. The number of aliphatic carboxylic acids is 1. The average molecular weight is 251 g/mol. The number of fused-ring (bicyclic) bond motifs is 1. The van der Waals surface area contributed by atoms with Crippen LogP contribution in [0.2, 0.25) is 0 Å². The number of anilines is 1. The first kappa shape index (κ1) is 12.7. The number of hydrogen-bond acceptors (Lipinski definition) is 4. The lowest BCUT2D eigenvalue weighted by atomic mass is 9.92. The molecule has 0 unspecified atom stereocenters. The third-order valence-corrected chi connectivity index (χ3v) is 3.20. The van der Waals surface area contributed by atoms with Gasteiger partial charge in [0.15, 0.2) is 5.60 Å². The van der Waals surface area contributed by atoms with Crippen molar-refractivity contribution in [2.24, 2.45) is 0 Å². The summed E-state index contributed by atoms with van der Waals surface area (Å²) in [5, 5.41) is 18.6. The first-order chi connectivity index (χ1) is 8.38. The molecule has 0 saturated carbocycles. The van der Waals surface area contributed by atoms with Crippen molar-refractivity contribution in [1.82, 2.24) is 0 Å². The Balaban J connectivity index is 2.09. The number of aryl methyl sites for hydroxylation is 1. The summed E-state index contributed by atoms with van der Waals surface area (Å²) in [6.45, 7) is 1.29. The summed E-state index contributed by atoms with van der Waals surface area (Å²) in [4.78, 5) is 10.9. The second-order valence-corrected chi connectivity index (χ2v) is 4.93. The number of ether oxygens (including phenoxy) is 1. The number of hydrogen-bond donors (Lipinski definition) is 3. The lowest BCUT2D eigenvalue weighted by molar-refractivity contribution is -0.159. The molecule has 0 aromatic heterocycles. The zero-order valence-corrected chi connectivity index (χ0v) is 10.2. The molecule has 98 valence electrons. The molecule has 0 radical (unpaired) electrons. The van der Waals surface area contributed by atoms with Crippen molar-refractivity contribution in [1.29, 1.82) is 0 Å². The van der Waals surface area contributed by atoms with Gasteiger partial charge in [0.25, 0.3) is 0 Å². The molecule has 2 rings (SSSR count). The topological polar surface area (TPSA) is 92.8 Å². The zero-order valence-electron chi connectivity index (χ0n) is 10.2. The van der Waals surface area contributed by atoms with Gasteiger partial charge in [-0.1, -0.05) is 0 Å².